The highest BCUT2D eigenvalue weighted by Crippen LogP contribution is 2.31. The van der Waals surface area contributed by atoms with Crippen LogP contribution in [0.5, 0.6) is 0 Å². The highest BCUT2D eigenvalue weighted by molar-refractivity contribution is 8.18. The van der Waals surface area contributed by atoms with Crippen LogP contribution in [0.3, 0.4) is 0 Å². The Labute approximate surface area is 133 Å². The summed E-state index contributed by atoms with van der Waals surface area (Å²) >= 11 is 1.37. The van der Waals surface area contributed by atoms with E-state index >= 15 is 0 Å². The molecule has 2 atom stereocenters. The Balaban J connectivity index is 1.74. The van der Waals surface area contributed by atoms with E-state index in [1.165, 1.54) is 23.9 Å². The standard InChI is InChI=1S/C16H17FN2O2S/c1-10-8-19(9-11(2)21-10)16-18-15(20)14(22-16)7-12-3-5-13(17)6-4-12/h3-7,10-11H,8-9H2,1-2H3/b14-7-/t10-,11-/m1/s1. The third-order valence-electron chi connectivity index (χ3n) is 3.47. The molecule has 1 fully saturated rings. The lowest BCUT2D eigenvalue weighted by molar-refractivity contribution is -0.113. The van der Waals surface area contributed by atoms with E-state index in [9.17, 15) is 9.18 Å². The molecule has 2 aliphatic rings. The van der Waals surface area contributed by atoms with Gasteiger partial charge in [-0.15, -0.1) is 0 Å². The molecule has 1 aromatic carbocycles. The lowest BCUT2D eigenvalue weighted by Crippen LogP contribution is -2.47. The van der Waals surface area contributed by atoms with Crippen LogP contribution in [-0.2, 0) is 9.53 Å². The highest BCUT2D eigenvalue weighted by atomic mass is 32.2. The third-order valence-corrected chi connectivity index (χ3v) is 4.51. The molecule has 0 bridgehead atoms. The van der Waals surface area contributed by atoms with Gasteiger partial charge in [-0.2, -0.15) is 4.99 Å². The Hall–Kier alpha value is -1.66. The van der Waals surface area contributed by atoms with Crippen molar-refractivity contribution in [2.45, 2.75) is 26.1 Å². The Morgan fingerprint density at radius 1 is 1.27 bits per heavy atom. The fraction of sp³-hybridized carbons (Fsp3) is 0.375. The topological polar surface area (TPSA) is 41.9 Å². The summed E-state index contributed by atoms with van der Waals surface area (Å²) in [5.74, 6) is -0.531. The third kappa shape index (κ3) is 3.39. The van der Waals surface area contributed by atoms with Crippen molar-refractivity contribution in [3.05, 3.63) is 40.6 Å². The van der Waals surface area contributed by atoms with Crippen molar-refractivity contribution in [1.29, 1.82) is 0 Å². The van der Waals surface area contributed by atoms with Gasteiger partial charge in [0.15, 0.2) is 5.17 Å². The number of ether oxygens (including phenoxy) is 1. The van der Waals surface area contributed by atoms with Crippen LogP contribution in [-0.4, -0.2) is 41.3 Å². The number of amidine groups is 1. The molecule has 1 aromatic rings. The molecule has 22 heavy (non-hydrogen) atoms. The monoisotopic (exact) mass is 320 g/mol. The predicted molar refractivity (Wildman–Crippen MR) is 86.0 cm³/mol. The molecular weight excluding hydrogens is 303 g/mol. The zero-order chi connectivity index (χ0) is 15.7. The highest BCUT2D eigenvalue weighted by Gasteiger charge is 2.30. The minimum Gasteiger partial charge on any atom is -0.372 e. The van der Waals surface area contributed by atoms with E-state index in [0.29, 0.717) is 4.91 Å². The number of aliphatic imine (C=N–C) groups is 1. The summed E-state index contributed by atoms with van der Waals surface area (Å²) in [7, 11) is 0. The minimum atomic E-state index is -0.291. The molecule has 2 aliphatic heterocycles. The lowest BCUT2D eigenvalue weighted by atomic mass is 10.2. The van der Waals surface area contributed by atoms with Crippen molar-refractivity contribution in [2.75, 3.05) is 13.1 Å². The van der Waals surface area contributed by atoms with Crippen LogP contribution in [0.1, 0.15) is 19.4 Å². The van der Waals surface area contributed by atoms with Gasteiger partial charge in [0.05, 0.1) is 17.1 Å². The van der Waals surface area contributed by atoms with E-state index in [2.05, 4.69) is 9.89 Å². The summed E-state index contributed by atoms with van der Waals surface area (Å²) in [5.41, 5.74) is 0.789. The van der Waals surface area contributed by atoms with Crippen molar-refractivity contribution in [2.24, 2.45) is 4.99 Å². The first-order chi connectivity index (χ1) is 10.5. The molecule has 0 aliphatic carbocycles. The number of amides is 1. The first-order valence-corrected chi connectivity index (χ1v) is 8.01. The summed E-state index contributed by atoms with van der Waals surface area (Å²) in [6.07, 6.45) is 1.98. The van der Waals surface area contributed by atoms with Crippen LogP contribution in [0.4, 0.5) is 4.39 Å². The largest absolute Gasteiger partial charge is 0.372 e. The summed E-state index contributed by atoms with van der Waals surface area (Å²) in [6.45, 7) is 5.49. The SMILES string of the molecule is C[C@@H]1CN(C2=NC(=O)/C(=C/c3ccc(F)cc3)S2)C[C@@H](C)O1. The number of thioether (sulfide) groups is 1. The quantitative estimate of drug-likeness (QED) is 0.746. The van der Waals surface area contributed by atoms with Gasteiger partial charge in [0, 0.05) is 13.1 Å². The first-order valence-electron chi connectivity index (χ1n) is 7.20. The van der Waals surface area contributed by atoms with Crippen molar-refractivity contribution in [3.8, 4) is 0 Å². The zero-order valence-corrected chi connectivity index (χ0v) is 13.3. The smallest absolute Gasteiger partial charge is 0.286 e. The second-order valence-electron chi connectivity index (χ2n) is 5.52. The molecule has 0 spiro atoms. The maximum absolute atomic E-state index is 12.9. The van der Waals surface area contributed by atoms with E-state index in [1.807, 2.05) is 13.8 Å². The van der Waals surface area contributed by atoms with Crippen molar-refractivity contribution < 1.29 is 13.9 Å². The maximum Gasteiger partial charge on any atom is 0.286 e. The van der Waals surface area contributed by atoms with Crippen LogP contribution >= 0.6 is 11.8 Å². The van der Waals surface area contributed by atoms with Gasteiger partial charge >= 0.3 is 0 Å². The van der Waals surface area contributed by atoms with Crippen LogP contribution < -0.4 is 0 Å². The molecule has 0 saturated carbocycles. The molecule has 0 radical (unpaired) electrons. The number of morpholine rings is 1. The number of hydrogen-bond donors (Lipinski definition) is 0. The summed E-state index contributed by atoms with van der Waals surface area (Å²) < 4.78 is 18.6. The Bertz CT molecular complexity index is 632. The molecule has 1 amide bonds. The first kappa shape index (κ1) is 15.2. The van der Waals surface area contributed by atoms with Crippen LogP contribution in [0.25, 0.3) is 6.08 Å². The van der Waals surface area contributed by atoms with E-state index < -0.39 is 0 Å². The molecule has 2 heterocycles. The number of rotatable bonds is 1. The minimum absolute atomic E-state index is 0.118. The van der Waals surface area contributed by atoms with Crippen LogP contribution in [0.15, 0.2) is 34.2 Å². The van der Waals surface area contributed by atoms with E-state index in [0.717, 1.165) is 23.8 Å². The lowest BCUT2D eigenvalue weighted by Gasteiger charge is -2.35. The second kappa shape index (κ2) is 6.22. The van der Waals surface area contributed by atoms with E-state index in [-0.39, 0.29) is 23.9 Å². The van der Waals surface area contributed by atoms with Gasteiger partial charge in [-0.25, -0.2) is 4.39 Å². The molecule has 0 N–H and O–H groups in total. The molecule has 3 rings (SSSR count). The average molecular weight is 320 g/mol. The Morgan fingerprint density at radius 2 is 1.91 bits per heavy atom. The summed E-state index contributed by atoms with van der Waals surface area (Å²) in [5, 5.41) is 0.723. The number of halogens is 1. The molecule has 6 heteroatoms. The van der Waals surface area contributed by atoms with Crippen LogP contribution in [0.2, 0.25) is 0 Å². The number of benzene rings is 1. The normalized spacial score (nSPS) is 27.4. The van der Waals surface area contributed by atoms with E-state index in [1.54, 1.807) is 18.2 Å². The number of nitrogens with zero attached hydrogens (tertiary/aromatic N) is 2. The van der Waals surface area contributed by atoms with E-state index in [4.69, 9.17) is 4.74 Å². The van der Waals surface area contributed by atoms with Gasteiger partial charge in [-0.05, 0) is 49.4 Å². The second-order valence-corrected chi connectivity index (χ2v) is 6.53. The maximum atomic E-state index is 12.9. The van der Waals surface area contributed by atoms with Gasteiger partial charge in [0.1, 0.15) is 5.82 Å². The fourth-order valence-electron chi connectivity index (χ4n) is 2.58. The zero-order valence-electron chi connectivity index (χ0n) is 12.5. The molecule has 0 unspecified atom stereocenters. The Kier molecular flexibility index (Phi) is 4.31. The average Bonchev–Trinajstić information content (AvgIpc) is 2.82. The van der Waals surface area contributed by atoms with Crippen molar-refractivity contribution >= 4 is 28.9 Å². The number of carbonyl (C=O) groups excluding carboxylic acids is 1. The van der Waals surface area contributed by atoms with Crippen LogP contribution in [0, 0.1) is 5.82 Å². The predicted octanol–water partition coefficient (Wildman–Crippen LogP) is 2.91. The molecule has 116 valence electrons. The fourth-order valence-corrected chi connectivity index (χ4v) is 3.51. The van der Waals surface area contributed by atoms with Crippen molar-refractivity contribution in [1.82, 2.24) is 4.90 Å². The van der Waals surface area contributed by atoms with Gasteiger partial charge in [-0.1, -0.05) is 12.1 Å². The molecular formula is C16H17FN2O2S. The van der Waals surface area contributed by atoms with Gasteiger partial charge in [-0.3, -0.25) is 4.79 Å². The molecule has 4 nitrogen and oxygen atoms in total. The Morgan fingerprint density at radius 3 is 2.55 bits per heavy atom. The van der Waals surface area contributed by atoms with Gasteiger partial charge in [0.2, 0.25) is 0 Å². The summed E-state index contributed by atoms with van der Waals surface area (Å²) in [4.78, 5) is 18.9. The molecule has 0 aromatic heterocycles. The summed E-state index contributed by atoms with van der Waals surface area (Å²) in [6, 6.07) is 6.05. The van der Waals surface area contributed by atoms with Gasteiger partial charge < -0.3 is 9.64 Å². The number of hydrogen-bond acceptors (Lipinski definition) is 4. The number of carbonyl (C=O) groups is 1. The molecule has 1 saturated heterocycles. The van der Waals surface area contributed by atoms with Gasteiger partial charge in [0.25, 0.3) is 5.91 Å². The van der Waals surface area contributed by atoms with Crippen molar-refractivity contribution in [3.63, 3.8) is 0 Å².